The third kappa shape index (κ3) is 2.07. The molecule has 15 heavy (non-hydrogen) atoms. The smallest absolute Gasteiger partial charge is 0.0325 e. The van der Waals surface area contributed by atoms with Crippen LogP contribution >= 0.6 is 0 Å². The maximum Gasteiger partial charge on any atom is 0.0325 e. The third-order valence-electron chi connectivity index (χ3n) is 3.75. The van der Waals surface area contributed by atoms with Gasteiger partial charge in [0.1, 0.15) is 0 Å². The number of rotatable bonds is 2. The van der Waals surface area contributed by atoms with Gasteiger partial charge in [-0.2, -0.15) is 0 Å². The van der Waals surface area contributed by atoms with E-state index in [9.17, 15) is 0 Å². The Bertz CT molecular complexity index is 296. The Hall–Kier alpha value is -0.820. The number of benzene rings is 1. The molecule has 1 aromatic rings. The van der Waals surface area contributed by atoms with Gasteiger partial charge in [-0.15, -0.1) is 0 Å². The molecule has 0 unspecified atom stereocenters. The Morgan fingerprint density at radius 3 is 2.13 bits per heavy atom. The summed E-state index contributed by atoms with van der Waals surface area (Å²) < 4.78 is 0. The van der Waals surface area contributed by atoms with Crippen molar-refractivity contribution in [2.45, 2.75) is 51.7 Å². The van der Waals surface area contributed by atoms with Gasteiger partial charge in [0.15, 0.2) is 0 Å². The first kappa shape index (κ1) is 10.7. The predicted molar refractivity (Wildman–Crippen MR) is 64.9 cm³/mol. The second kappa shape index (κ2) is 4.36. The first-order valence-corrected chi connectivity index (χ1v) is 6.02. The second-order valence-corrected chi connectivity index (χ2v) is 4.81. The minimum atomic E-state index is 0.554. The minimum absolute atomic E-state index is 0.554. The molecule has 3 atom stereocenters. The van der Waals surface area contributed by atoms with Crippen LogP contribution in [0.5, 0.6) is 0 Å². The van der Waals surface area contributed by atoms with Crippen LogP contribution in [0.3, 0.4) is 0 Å². The van der Waals surface area contributed by atoms with E-state index in [2.05, 4.69) is 56.0 Å². The van der Waals surface area contributed by atoms with Gasteiger partial charge in [-0.05, 0) is 39.2 Å². The quantitative estimate of drug-likeness (QED) is 0.709. The van der Waals surface area contributed by atoms with E-state index in [0.29, 0.717) is 6.04 Å². The van der Waals surface area contributed by atoms with Gasteiger partial charge >= 0.3 is 0 Å². The molecule has 1 aliphatic rings. The van der Waals surface area contributed by atoms with Crippen molar-refractivity contribution in [1.82, 2.24) is 4.90 Å². The Morgan fingerprint density at radius 1 is 1.07 bits per heavy atom. The summed E-state index contributed by atoms with van der Waals surface area (Å²) in [5, 5.41) is 0. The summed E-state index contributed by atoms with van der Waals surface area (Å²) in [5.41, 5.74) is 1.44. The number of nitrogens with zero attached hydrogens (tertiary/aromatic N) is 1. The van der Waals surface area contributed by atoms with Gasteiger partial charge in [-0.3, -0.25) is 4.90 Å². The summed E-state index contributed by atoms with van der Waals surface area (Å²) >= 11 is 0. The molecule has 1 aliphatic heterocycles. The van der Waals surface area contributed by atoms with E-state index in [-0.39, 0.29) is 0 Å². The molecule has 1 saturated heterocycles. The zero-order valence-electron chi connectivity index (χ0n) is 9.98. The second-order valence-electron chi connectivity index (χ2n) is 4.81. The number of hydrogen-bond acceptors (Lipinski definition) is 1. The molecule has 1 aromatic carbocycles. The van der Waals surface area contributed by atoms with Crippen LogP contribution in [0, 0.1) is 0 Å². The SMILES string of the molecule is C[C@@H]1CC[C@H](C)N1[C@@H](C)c1ccccc1. The van der Waals surface area contributed by atoms with E-state index < -0.39 is 0 Å². The molecule has 0 aromatic heterocycles. The van der Waals surface area contributed by atoms with Crippen LogP contribution in [-0.4, -0.2) is 17.0 Å². The number of likely N-dealkylation sites (tertiary alicyclic amines) is 1. The van der Waals surface area contributed by atoms with Crippen molar-refractivity contribution in [2.24, 2.45) is 0 Å². The fraction of sp³-hybridized carbons (Fsp3) is 0.571. The normalized spacial score (nSPS) is 29.3. The van der Waals surface area contributed by atoms with Gasteiger partial charge in [0.2, 0.25) is 0 Å². The van der Waals surface area contributed by atoms with Crippen LogP contribution in [0.15, 0.2) is 30.3 Å². The maximum absolute atomic E-state index is 2.65. The summed E-state index contributed by atoms with van der Waals surface area (Å²) in [6.45, 7) is 7.03. The zero-order chi connectivity index (χ0) is 10.8. The van der Waals surface area contributed by atoms with Gasteiger partial charge < -0.3 is 0 Å². The molecule has 0 saturated carbocycles. The lowest BCUT2D eigenvalue weighted by Crippen LogP contribution is -2.35. The van der Waals surface area contributed by atoms with Crippen molar-refractivity contribution in [2.75, 3.05) is 0 Å². The molecule has 0 N–H and O–H groups in total. The van der Waals surface area contributed by atoms with Crippen LogP contribution in [0.25, 0.3) is 0 Å². The Kier molecular flexibility index (Phi) is 3.11. The maximum atomic E-state index is 2.65. The van der Waals surface area contributed by atoms with Crippen molar-refractivity contribution in [3.05, 3.63) is 35.9 Å². The van der Waals surface area contributed by atoms with Crippen molar-refractivity contribution in [3.8, 4) is 0 Å². The van der Waals surface area contributed by atoms with E-state index in [1.807, 2.05) is 0 Å². The largest absolute Gasteiger partial charge is 0.291 e. The fourth-order valence-electron chi connectivity index (χ4n) is 2.88. The van der Waals surface area contributed by atoms with Crippen molar-refractivity contribution < 1.29 is 0 Å². The summed E-state index contributed by atoms with van der Waals surface area (Å²) in [4.78, 5) is 2.65. The Morgan fingerprint density at radius 2 is 1.60 bits per heavy atom. The summed E-state index contributed by atoms with van der Waals surface area (Å²) in [5.74, 6) is 0. The molecule has 1 nitrogen and oxygen atoms in total. The monoisotopic (exact) mass is 203 g/mol. The standard InChI is InChI=1S/C14H21N/c1-11-9-10-12(2)15(11)13(3)14-7-5-4-6-8-14/h4-8,11-13H,9-10H2,1-3H3/t11-,12+,13-/m0/s1. The van der Waals surface area contributed by atoms with E-state index in [1.165, 1.54) is 18.4 Å². The first-order valence-electron chi connectivity index (χ1n) is 6.02. The van der Waals surface area contributed by atoms with Gasteiger partial charge in [-0.25, -0.2) is 0 Å². The Balaban J connectivity index is 2.17. The van der Waals surface area contributed by atoms with Gasteiger partial charge in [0.05, 0.1) is 0 Å². The van der Waals surface area contributed by atoms with Crippen LogP contribution in [0.1, 0.15) is 45.2 Å². The van der Waals surface area contributed by atoms with Gasteiger partial charge in [-0.1, -0.05) is 30.3 Å². The van der Waals surface area contributed by atoms with E-state index in [0.717, 1.165) is 12.1 Å². The average molecular weight is 203 g/mol. The molecule has 1 heteroatoms. The highest BCUT2D eigenvalue weighted by molar-refractivity contribution is 5.19. The molecule has 2 rings (SSSR count). The van der Waals surface area contributed by atoms with E-state index in [4.69, 9.17) is 0 Å². The van der Waals surface area contributed by atoms with E-state index in [1.54, 1.807) is 0 Å². The minimum Gasteiger partial charge on any atom is -0.291 e. The number of hydrogen-bond donors (Lipinski definition) is 0. The van der Waals surface area contributed by atoms with Gasteiger partial charge in [0, 0.05) is 18.1 Å². The Labute approximate surface area is 93.1 Å². The molecule has 82 valence electrons. The summed E-state index contributed by atoms with van der Waals surface area (Å²) in [6.07, 6.45) is 2.69. The molecule has 1 fully saturated rings. The van der Waals surface area contributed by atoms with Crippen LogP contribution in [-0.2, 0) is 0 Å². The van der Waals surface area contributed by atoms with Crippen LogP contribution in [0.2, 0.25) is 0 Å². The molecule has 0 bridgehead atoms. The lowest BCUT2D eigenvalue weighted by Gasteiger charge is -2.32. The van der Waals surface area contributed by atoms with Crippen molar-refractivity contribution in [1.29, 1.82) is 0 Å². The van der Waals surface area contributed by atoms with Crippen molar-refractivity contribution in [3.63, 3.8) is 0 Å². The van der Waals surface area contributed by atoms with Crippen LogP contribution in [0.4, 0.5) is 0 Å². The third-order valence-corrected chi connectivity index (χ3v) is 3.75. The van der Waals surface area contributed by atoms with Gasteiger partial charge in [0.25, 0.3) is 0 Å². The lowest BCUT2D eigenvalue weighted by molar-refractivity contribution is 0.156. The summed E-state index contributed by atoms with van der Waals surface area (Å²) in [7, 11) is 0. The molecule has 0 amide bonds. The molecule has 0 aliphatic carbocycles. The predicted octanol–water partition coefficient (Wildman–Crippen LogP) is 3.62. The van der Waals surface area contributed by atoms with E-state index >= 15 is 0 Å². The van der Waals surface area contributed by atoms with Crippen LogP contribution < -0.4 is 0 Å². The average Bonchev–Trinajstić information content (AvgIpc) is 2.59. The highest BCUT2D eigenvalue weighted by Gasteiger charge is 2.31. The molecule has 0 radical (unpaired) electrons. The first-order chi connectivity index (χ1) is 7.20. The fourth-order valence-corrected chi connectivity index (χ4v) is 2.88. The molecule has 0 spiro atoms. The lowest BCUT2D eigenvalue weighted by atomic mass is 10.1. The van der Waals surface area contributed by atoms with Crippen molar-refractivity contribution >= 4 is 0 Å². The molecule has 1 heterocycles. The summed E-state index contributed by atoms with van der Waals surface area (Å²) in [6, 6.07) is 12.9. The highest BCUT2D eigenvalue weighted by atomic mass is 15.2. The molecular weight excluding hydrogens is 182 g/mol. The molecular formula is C14H21N. The zero-order valence-corrected chi connectivity index (χ0v) is 9.98. The topological polar surface area (TPSA) is 3.24 Å². The highest BCUT2D eigenvalue weighted by Crippen LogP contribution is 2.32.